The molecule has 0 amide bonds. The number of nitrogens with one attached hydrogen (secondary N) is 2. The fourth-order valence-corrected chi connectivity index (χ4v) is 2.68. The number of rotatable bonds is 7. The summed E-state index contributed by atoms with van der Waals surface area (Å²) in [7, 11) is 0. The van der Waals surface area contributed by atoms with Gasteiger partial charge in [-0.15, -0.1) is 24.0 Å². The van der Waals surface area contributed by atoms with E-state index in [1.54, 1.807) is 6.26 Å². The number of nitrogens with zero attached hydrogens (tertiary/aromatic N) is 2. The van der Waals surface area contributed by atoms with Crippen molar-refractivity contribution < 1.29 is 17.6 Å². The number of likely N-dealkylation sites (tertiary alicyclic amines) is 1. The summed E-state index contributed by atoms with van der Waals surface area (Å²) in [6.45, 7) is 3.34. The topological polar surface area (TPSA) is 52.8 Å². The van der Waals surface area contributed by atoms with Crippen molar-refractivity contribution in [1.29, 1.82) is 0 Å². The number of aliphatic imine (C=N–C) groups is 1. The van der Waals surface area contributed by atoms with Gasteiger partial charge >= 0.3 is 6.18 Å². The molecule has 0 bridgehead atoms. The Morgan fingerprint density at radius 2 is 2.24 bits per heavy atom. The van der Waals surface area contributed by atoms with Crippen molar-refractivity contribution in [3.05, 3.63) is 24.2 Å². The summed E-state index contributed by atoms with van der Waals surface area (Å²) in [6, 6.07) is 3.73. The standard InChI is InChI=1S/C16H25F3N4O.HI/c1-2-7-20-15(21-8-5-14-4-3-10-24-14)22-13-6-9-23(11-13)12-16(17,18)19;/h3-4,10,13H,2,5-9,11-12H2,1H3,(H2,20,21,22);1H. The molecule has 2 heterocycles. The van der Waals surface area contributed by atoms with E-state index in [4.69, 9.17) is 4.42 Å². The quantitative estimate of drug-likeness (QED) is 0.363. The molecule has 0 saturated carbocycles. The first-order valence-corrected chi connectivity index (χ1v) is 8.32. The zero-order valence-electron chi connectivity index (χ0n) is 14.3. The van der Waals surface area contributed by atoms with Gasteiger partial charge in [-0.2, -0.15) is 13.2 Å². The van der Waals surface area contributed by atoms with Gasteiger partial charge in [0.2, 0.25) is 0 Å². The molecule has 1 aliphatic rings. The second-order valence-electron chi connectivity index (χ2n) is 5.97. The first-order chi connectivity index (χ1) is 11.5. The van der Waals surface area contributed by atoms with Crippen LogP contribution in [0.1, 0.15) is 25.5 Å². The zero-order chi connectivity index (χ0) is 17.4. The van der Waals surface area contributed by atoms with Crippen LogP contribution in [0.3, 0.4) is 0 Å². The Balaban J connectivity index is 0.00000312. The van der Waals surface area contributed by atoms with Crippen LogP contribution in [0.2, 0.25) is 0 Å². The van der Waals surface area contributed by atoms with Crippen molar-refractivity contribution in [3.63, 3.8) is 0 Å². The van der Waals surface area contributed by atoms with Gasteiger partial charge in [0, 0.05) is 38.6 Å². The molecule has 1 saturated heterocycles. The summed E-state index contributed by atoms with van der Waals surface area (Å²) in [5.74, 6) is 1.54. The highest BCUT2D eigenvalue weighted by atomic mass is 127. The van der Waals surface area contributed by atoms with Gasteiger partial charge in [-0.25, -0.2) is 0 Å². The van der Waals surface area contributed by atoms with Crippen LogP contribution in [0.5, 0.6) is 0 Å². The van der Waals surface area contributed by atoms with E-state index in [2.05, 4.69) is 15.6 Å². The molecule has 1 atom stereocenters. The Bertz CT molecular complexity index is 508. The third-order valence-electron chi connectivity index (χ3n) is 3.75. The lowest BCUT2D eigenvalue weighted by molar-refractivity contribution is -0.143. The summed E-state index contributed by atoms with van der Waals surface area (Å²) in [4.78, 5) is 5.88. The van der Waals surface area contributed by atoms with E-state index in [0.29, 0.717) is 38.6 Å². The van der Waals surface area contributed by atoms with Gasteiger partial charge in [0.15, 0.2) is 5.96 Å². The molecule has 1 unspecified atom stereocenters. The largest absolute Gasteiger partial charge is 0.469 e. The van der Waals surface area contributed by atoms with Crippen molar-refractivity contribution >= 4 is 29.9 Å². The van der Waals surface area contributed by atoms with Gasteiger partial charge in [-0.05, 0) is 25.0 Å². The predicted molar refractivity (Wildman–Crippen MR) is 102 cm³/mol. The Kier molecular flexibility index (Phi) is 9.62. The van der Waals surface area contributed by atoms with E-state index in [1.165, 1.54) is 4.90 Å². The molecule has 0 aliphatic carbocycles. The van der Waals surface area contributed by atoms with Crippen LogP contribution < -0.4 is 10.6 Å². The van der Waals surface area contributed by atoms with E-state index in [1.807, 2.05) is 19.1 Å². The van der Waals surface area contributed by atoms with E-state index in [0.717, 1.165) is 18.6 Å². The smallest absolute Gasteiger partial charge is 0.401 e. The summed E-state index contributed by atoms with van der Waals surface area (Å²) in [6.07, 6.45) is -0.190. The normalized spacial score (nSPS) is 18.9. The Labute approximate surface area is 163 Å². The van der Waals surface area contributed by atoms with Gasteiger partial charge in [0.25, 0.3) is 0 Å². The average Bonchev–Trinajstić information content (AvgIpc) is 3.15. The third kappa shape index (κ3) is 8.80. The Morgan fingerprint density at radius 3 is 2.88 bits per heavy atom. The SMILES string of the molecule is CCCN=C(NCCc1ccco1)NC1CCN(CC(F)(F)F)C1.I. The van der Waals surface area contributed by atoms with Crippen LogP contribution in [0.25, 0.3) is 0 Å². The van der Waals surface area contributed by atoms with E-state index in [-0.39, 0.29) is 30.0 Å². The molecule has 9 heteroatoms. The molecule has 2 rings (SSSR count). The highest BCUT2D eigenvalue weighted by molar-refractivity contribution is 14.0. The molecular weight excluding hydrogens is 448 g/mol. The van der Waals surface area contributed by atoms with Crippen LogP contribution >= 0.6 is 24.0 Å². The number of alkyl halides is 3. The van der Waals surface area contributed by atoms with Crippen molar-refractivity contribution in [2.24, 2.45) is 4.99 Å². The van der Waals surface area contributed by atoms with Crippen LogP contribution in [0, 0.1) is 0 Å². The molecule has 5 nitrogen and oxygen atoms in total. The maximum absolute atomic E-state index is 12.5. The number of guanidine groups is 1. The molecule has 0 radical (unpaired) electrons. The summed E-state index contributed by atoms with van der Waals surface area (Å²) >= 11 is 0. The molecule has 0 aromatic carbocycles. The van der Waals surface area contributed by atoms with Gasteiger partial charge in [0.1, 0.15) is 5.76 Å². The van der Waals surface area contributed by atoms with Gasteiger partial charge in [-0.1, -0.05) is 6.92 Å². The van der Waals surface area contributed by atoms with Gasteiger partial charge in [0.05, 0.1) is 12.8 Å². The van der Waals surface area contributed by atoms with Crippen LogP contribution in [0.4, 0.5) is 13.2 Å². The summed E-state index contributed by atoms with van der Waals surface area (Å²) in [5.41, 5.74) is 0. The molecule has 1 aromatic heterocycles. The Morgan fingerprint density at radius 1 is 1.44 bits per heavy atom. The first kappa shape index (κ1) is 22.1. The van der Waals surface area contributed by atoms with Crippen molar-refractivity contribution in [1.82, 2.24) is 15.5 Å². The van der Waals surface area contributed by atoms with E-state index >= 15 is 0 Å². The first-order valence-electron chi connectivity index (χ1n) is 8.32. The minimum absolute atomic E-state index is 0. The maximum atomic E-state index is 12.5. The number of furan rings is 1. The second-order valence-corrected chi connectivity index (χ2v) is 5.97. The Hall–Kier alpha value is -0.970. The van der Waals surface area contributed by atoms with Crippen LogP contribution in [0.15, 0.2) is 27.8 Å². The predicted octanol–water partition coefficient (Wildman–Crippen LogP) is 3.02. The maximum Gasteiger partial charge on any atom is 0.401 e. The summed E-state index contributed by atoms with van der Waals surface area (Å²) in [5, 5.41) is 6.47. The minimum atomic E-state index is -4.14. The molecule has 144 valence electrons. The van der Waals surface area contributed by atoms with Crippen molar-refractivity contribution in [2.45, 2.75) is 38.4 Å². The minimum Gasteiger partial charge on any atom is -0.469 e. The molecule has 0 spiro atoms. The molecular formula is C16H26F3IN4O. The number of halogens is 4. The van der Waals surface area contributed by atoms with Crippen molar-refractivity contribution in [2.75, 3.05) is 32.7 Å². The van der Waals surface area contributed by atoms with E-state index < -0.39 is 12.7 Å². The van der Waals surface area contributed by atoms with Gasteiger partial charge < -0.3 is 15.1 Å². The fraction of sp³-hybridized carbons (Fsp3) is 0.688. The molecule has 2 N–H and O–H groups in total. The van der Waals surface area contributed by atoms with Crippen LogP contribution in [-0.2, 0) is 6.42 Å². The lowest BCUT2D eigenvalue weighted by atomic mass is 10.3. The lowest BCUT2D eigenvalue weighted by Gasteiger charge is -2.20. The monoisotopic (exact) mass is 474 g/mol. The molecule has 25 heavy (non-hydrogen) atoms. The second kappa shape index (κ2) is 10.9. The van der Waals surface area contributed by atoms with Crippen molar-refractivity contribution in [3.8, 4) is 0 Å². The summed E-state index contributed by atoms with van der Waals surface area (Å²) < 4.78 is 42.7. The highest BCUT2D eigenvalue weighted by Gasteiger charge is 2.34. The zero-order valence-corrected chi connectivity index (χ0v) is 16.6. The van der Waals surface area contributed by atoms with Gasteiger partial charge in [-0.3, -0.25) is 9.89 Å². The van der Waals surface area contributed by atoms with Crippen LogP contribution in [-0.4, -0.2) is 55.8 Å². The molecule has 1 aliphatic heterocycles. The number of hydrogen-bond donors (Lipinski definition) is 2. The number of hydrogen-bond acceptors (Lipinski definition) is 3. The fourth-order valence-electron chi connectivity index (χ4n) is 2.68. The molecule has 1 fully saturated rings. The van der Waals surface area contributed by atoms with E-state index in [9.17, 15) is 13.2 Å². The third-order valence-corrected chi connectivity index (χ3v) is 3.75. The molecule has 1 aromatic rings. The highest BCUT2D eigenvalue weighted by Crippen LogP contribution is 2.19. The average molecular weight is 474 g/mol. The lowest BCUT2D eigenvalue weighted by Crippen LogP contribution is -2.45.